The normalized spacial score (nSPS) is 11.0. The van der Waals surface area contributed by atoms with Gasteiger partial charge >= 0.3 is 0 Å². The van der Waals surface area contributed by atoms with E-state index in [0.29, 0.717) is 0 Å². The molecule has 0 aliphatic heterocycles. The molecule has 0 N–H and O–H groups in total. The third kappa shape index (κ3) is 2.59. The SMILES string of the molecule is C[n+]1ccn(-c2ccc3c(c2)c2cccnc2n3-c2ccccc2)c1.[I-]. The van der Waals surface area contributed by atoms with E-state index < -0.39 is 0 Å². The molecule has 0 atom stereocenters. The minimum Gasteiger partial charge on any atom is -1.00 e. The van der Waals surface area contributed by atoms with Gasteiger partial charge in [-0.1, -0.05) is 18.2 Å². The zero-order valence-corrected chi connectivity index (χ0v) is 16.4. The first-order valence-corrected chi connectivity index (χ1v) is 8.29. The summed E-state index contributed by atoms with van der Waals surface area (Å²) in [6.07, 6.45) is 8.03. The number of hydrogen-bond donors (Lipinski definition) is 0. The van der Waals surface area contributed by atoms with Crippen LogP contribution in [0.25, 0.3) is 33.3 Å². The predicted octanol–water partition coefficient (Wildman–Crippen LogP) is 0.798. The van der Waals surface area contributed by atoms with Gasteiger partial charge in [-0.2, -0.15) is 0 Å². The lowest BCUT2D eigenvalue weighted by Crippen LogP contribution is -3.00. The van der Waals surface area contributed by atoms with Gasteiger partial charge in [0.2, 0.25) is 6.33 Å². The Balaban J connectivity index is 0.00000168. The molecule has 0 aliphatic carbocycles. The van der Waals surface area contributed by atoms with Crippen LogP contribution in [0.2, 0.25) is 0 Å². The zero-order valence-electron chi connectivity index (χ0n) is 14.2. The number of aryl methyl sites for hydroxylation is 1. The van der Waals surface area contributed by atoms with E-state index in [9.17, 15) is 0 Å². The second kappa shape index (κ2) is 6.57. The third-order valence-electron chi connectivity index (χ3n) is 4.59. The average Bonchev–Trinajstić information content (AvgIpc) is 3.23. The number of benzene rings is 2. The van der Waals surface area contributed by atoms with Gasteiger partial charge in [0.05, 0.1) is 12.6 Å². The van der Waals surface area contributed by atoms with Crippen molar-refractivity contribution in [3.8, 4) is 11.4 Å². The number of halogens is 1. The van der Waals surface area contributed by atoms with Crippen molar-refractivity contribution in [3.63, 3.8) is 0 Å². The van der Waals surface area contributed by atoms with Gasteiger partial charge < -0.3 is 24.0 Å². The monoisotopic (exact) mass is 452 g/mol. The summed E-state index contributed by atoms with van der Waals surface area (Å²) >= 11 is 0. The highest BCUT2D eigenvalue weighted by Gasteiger charge is 2.15. The summed E-state index contributed by atoms with van der Waals surface area (Å²) in [5, 5.41) is 2.38. The Morgan fingerprint density at radius 2 is 1.73 bits per heavy atom. The molecule has 0 saturated carbocycles. The van der Waals surface area contributed by atoms with Crippen molar-refractivity contribution in [3.05, 3.63) is 85.6 Å². The number of nitrogens with zero attached hydrogens (tertiary/aromatic N) is 4. The molecule has 0 saturated heterocycles. The fraction of sp³-hybridized carbons (Fsp3) is 0.0476. The van der Waals surface area contributed by atoms with Crippen LogP contribution >= 0.6 is 0 Å². The molecule has 4 nitrogen and oxygen atoms in total. The molecule has 5 aromatic rings. The molecule has 0 bridgehead atoms. The molecule has 3 aromatic heterocycles. The maximum absolute atomic E-state index is 4.65. The second-order valence-electron chi connectivity index (χ2n) is 6.23. The standard InChI is InChI=1S/C21H17N4.HI/c1-23-12-13-24(15-23)17-9-10-20-19(14-17)18-8-5-11-22-21(18)25(20)16-6-3-2-4-7-16;/h2-15H,1H3;1H/q+1;/p-1. The molecule has 26 heavy (non-hydrogen) atoms. The lowest BCUT2D eigenvalue weighted by Gasteiger charge is -2.06. The summed E-state index contributed by atoms with van der Waals surface area (Å²) in [5.74, 6) is 0. The summed E-state index contributed by atoms with van der Waals surface area (Å²) in [7, 11) is 2.03. The number of fused-ring (bicyclic) bond motifs is 3. The van der Waals surface area contributed by atoms with Crippen molar-refractivity contribution < 1.29 is 28.5 Å². The van der Waals surface area contributed by atoms with Crippen molar-refractivity contribution in [1.82, 2.24) is 14.1 Å². The van der Waals surface area contributed by atoms with E-state index in [0.717, 1.165) is 17.0 Å². The maximum atomic E-state index is 4.65. The topological polar surface area (TPSA) is 26.6 Å². The molecule has 5 heteroatoms. The average molecular weight is 452 g/mol. The number of aromatic nitrogens is 4. The molecular formula is C21H17IN4. The first-order chi connectivity index (χ1) is 12.3. The fourth-order valence-corrected chi connectivity index (χ4v) is 3.44. The Morgan fingerprint density at radius 3 is 2.50 bits per heavy atom. The van der Waals surface area contributed by atoms with Gasteiger partial charge in [-0.3, -0.25) is 4.57 Å². The smallest absolute Gasteiger partial charge is 0.248 e. The highest BCUT2D eigenvalue weighted by Crippen LogP contribution is 2.31. The summed E-state index contributed by atoms with van der Waals surface area (Å²) < 4.78 is 6.39. The second-order valence-corrected chi connectivity index (χ2v) is 6.23. The first kappa shape index (κ1) is 16.8. The summed E-state index contributed by atoms with van der Waals surface area (Å²) in [5.41, 5.74) is 4.42. The molecule has 0 radical (unpaired) electrons. The van der Waals surface area contributed by atoms with E-state index in [1.54, 1.807) is 0 Å². The zero-order chi connectivity index (χ0) is 16.8. The van der Waals surface area contributed by atoms with Crippen LogP contribution < -0.4 is 28.5 Å². The molecule has 0 spiro atoms. The minimum absolute atomic E-state index is 0. The van der Waals surface area contributed by atoms with Crippen LogP contribution in [0.5, 0.6) is 0 Å². The Labute approximate surface area is 168 Å². The van der Waals surface area contributed by atoms with E-state index in [1.165, 1.54) is 16.3 Å². The number of rotatable bonds is 2. The molecule has 0 amide bonds. The van der Waals surface area contributed by atoms with Crippen molar-refractivity contribution in [2.24, 2.45) is 7.05 Å². The van der Waals surface area contributed by atoms with Crippen LogP contribution in [-0.2, 0) is 7.05 Å². The van der Waals surface area contributed by atoms with Gasteiger partial charge in [0.1, 0.15) is 23.7 Å². The van der Waals surface area contributed by atoms with Crippen molar-refractivity contribution in [1.29, 1.82) is 0 Å². The van der Waals surface area contributed by atoms with Gasteiger partial charge in [0.25, 0.3) is 0 Å². The highest BCUT2D eigenvalue weighted by molar-refractivity contribution is 6.08. The van der Waals surface area contributed by atoms with E-state index in [4.69, 9.17) is 0 Å². The fourth-order valence-electron chi connectivity index (χ4n) is 3.44. The first-order valence-electron chi connectivity index (χ1n) is 8.29. The molecule has 0 unspecified atom stereocenters. The Bertz CT molecular complexity index is 1200. The van der Waals surface area contributed by atoms with Crippen molar-refractivity contribution in [2.45, 2.75) is 0 Å². The Kier molecular flexibility index (Phi) is 4.24. The Hall–Kier alpha value is -2.67. The quantitative estimate of drug-likeness (QED) is 0.288. The van der Waals surface area contributed by atoms with Gasteiger partial charge in [-0.25, -0.2) is 14.1 Å². The number of para-hydroxylation sites is 1. The van der Waals surface area contributed by atoms with Crippen molar-refractivity contribution >= 4 is 21.9 Å². The minimum atomic E-state index is 0. The molecule has 3 heterocycles. The summed E-state index contributed by atoms with van der Waals surface area (Å²) in [4.78, 5) is 4.65. The van der Waals surface area contributed by atoms with E-state index in [2.05, 4.69) is 75.2 Å². The van der Waals surface area contributed by atoms with Crippen molar-refractivity contribution in [2.75, 3.05) is 0 Å². The van der Waals surface area contributed by atoms with Crippen LogP contribution in [0.4, 0.5) is 0 Å². The Morgan fingerprint density at radius 1 is 0.885 bits per heavy atom. The molecular weight excluding hydrogens is 435 g/mol. The van der Waals surface area contributed by atoms with E-state index >= 15 is 0 Å². The lowest BCUT2D eigenvalue weighted by atomic mass is 10.2. The highest BCUT2D eigenvalue weighted by atomic mass is 127. The third-order valence-corrected chi connectivity index (χ3v) is 4.59. The number of pyridine rings is 1. The number of imidazole rings is 1. The van der Waals surface area contributed by atoms with Crippen LogP contribution in [0.1, 0.15) is 0 Å². The van der Waals surface area contributed by atoms with Crippen LogP contribution in [0, 0.1) is 0 Å². The predicted molar refractivity (Wildman–Crippen MR) is 99.1 cm³/mol. The van der Waals surface area contributed by atoms with Crippen LogP contribution in [0.3, 0.4) is 0 Å². The van der Waals surface area contributed by atoms with Gasteiger partial charge in [-0.05, 0) is 42.5 Å². The van der Waals surface area contributed by atoms with Gasteiger partial charge in [-0.15, -0.1) is 0 Å². The summed E-state index contributed by atoms with van der Waals surface area (Å²) in [6, 6.07) is 21.1. The van der Waals surface area contributed by atoms with E-state index in [-0.39, 0.29) is 24.0 Å². The van der Waals surface area contributed by atoms with Crippen LogP contribution in [-0.4, -0.2) is 14.1 Å². The lowest BCUT2D eigenvalue weighted by molar-refractivity contribution is -0.670. The summed E-state index contributed by atoms with van der Waals surface area (Å²) in [6.45, 7) is 0. The molecule has 0 aliphatic rings. The molecule has 0 fully saturated rings. The van der Waals surface area contributed by atoms with Gasteiger partial charge in [0, 0.05) is 22.7 Å². The van der Waals surface area contributed by atoms with Crippen LogP contribution in [0.15, 0.2) is 85.6 Å². The van der Waals surface area contributed by atoms with E-state index in [1.807, 2.05) is 36.1 Å². The largest absolute Gasteiger partial charge is 1.00 e. The van der Waals surface area contributed by atoms with Gasteiger partial charge in [0.15, 0.2) is 0 Å². The molecule has 2 aromatic carbocycles. The molecule has 5 rings (SSSR count). The maximum Gasteiger partial charge on any atom is 0.248 e. The number of hydrogen-bond acceptors (Lipinski definition) is 1. The molecule has 128 valence electrons.